The van der Waals surface area contributed by atoms with E-state index < -0.39 is 0 Å². The average Bonchev–Trinajstić information content (AvgIpc) is 2.47. The van der Waals surface area contributed by atoms with Crippen molar-refractivity contribution in [1.29, 1.82) is 0 Å². The number of nitrogen functional groups attached to an aromatic ring is 1. The van der Waals surface area contributed by atoms with Crippen LogP contribution in [0.4, 0.5) is 5.69 Å². The zero-order valence-electron chi connectivity index (χ0n) is 11.9. The Morgan fingerprint density at radius 2 is 1.70 bits per heavy atom. The van der Waals surface area contributed by atoms with Gasteiger partial charge in [-0.1, -0.05) is 30.3 Å². The highest BCUT2D eigenvalue weighted by Gasteiger charge is 2.19. The van der Waals surface area contributed by atoms with Crippen LogP contribution in [0.3, 0.4) is 0 Å². The lowest BCUT2D eigenvalue weighted by atomic mass is 10.0. The minimum absolute atomic E-state index is 0.114. The van der Waals surface area contributed by atoms with Crippen molar-refractivity contribution in [2.75, 3.05) is 12.8 Å². The van der Waals surface area contributed by atoms with Crippen LogP contribution in [0.5, 0.6) is 0 Å². The predicted molar refractivity (Wildman–Crippen MR) is 82.6 cm³/mol. The van der Waals surface area contributed by atoms with Crippen molar-refractivity contribution in [2.45, 2.75) is 19.5 Å². The van der Waals surface area contributed by atoms with Gasteiger partial charge in [-0.15, -0.1) is 0 Å². The van der Waals surface area contributed by atoms with Crippen LogP contribution in [0.15, 0.2) is 54.6 Å². The zero-order chi connectivity index (χ0) is 14.5. The number of hydrogen-bond acceptors (Lipinski definition) is 3. The third kappa shape index (κ3) is 3.45. The number of ketones is 1. The first-order valence-electron chi connectivity index (χ1n) is 6.72. The molecule has 20 heavy (non-hydrogen) atoms. The van der Waals surface area contributed by atoms with Crippen LogP contribution in [-0.2, 0) is 6.54 Å². The van der Waals surface area contributed by atoms with Crippen molar-refractivity contribution in [2.24, 2.45) is 0 Å². The lowest BCUT2D eigenvalue weighted by molar-refractivity contribution is 0.0862. The first-order valence-corrected chi connectivity index (χ1v) is 6.72. The van der Waals surface area contributed by atoms with Gasteiger partial charge in [-0.05, 0) is 43.8 Å². The maximum atomic E-state index is 12.4. The van der Waals surface area contributed by atoms with Gasteiger partial charge in [0.1, 0.15) is 0 Å². The van der Waals surface area contributed by atoms with E-state index in [0.717, 1.165) is 6.54 Å². The van der Waals surface area contributed by atoms with E-state index in [1.165, 1.54) is 5.56 Å². The van der Waals surface area contributed by atoms with E-state index in [-0.39, 0.29) is 11.8 Å². The Balaban J connectivity index is 2.04. The smallest absolute Gasteiger partial charge is 0.179 e. The number of carbonyl (C=O) groups excluding carboxylic acids is 1. The summed E-state index contributed by atoms with van der Waals surface area (Å²) >= 11 is 0. The van der Waals surface area contributed by atoms with E-state index >= 15 is 0 Å². The Bertz CT molecular complexity index is 563. The van der Waals surface area contributed by atoms with Crippen molar-refractivity contribution in [3.63, 3.8) is 0 Å². The number of benzene rings is 2. The normalized spacial score (nSPS) is 12.3. The molecule has 0 aromatic heterocycles. The molecular weight excluding hydrogens is 248 g/mol. The molecule has 2 aromatic carbocycles. The molecule has 0 bridgehead atoms. The van der Waals surface area contributed by atoms with E-state index in [9.17, 15) is 4.79 Å². The molecule has 0 saturated heterocycles. The highest BCUT2D eigenvalue weighted by molar-refractivity contribution is 6.00. The number of carbonyl (C=O) groups is 1. The summed E-state index contributed by atoms with van der Waals surface area (Å²) < 4.78 is 0. The topological polar surface area (TPSA) is 46.3 Å². The summed E-state index contributed by atoms with van der Waals surface area (Å²) in [6, 6.07) is 17.1. The molecule has 0 fully saturated rings. The van der Waals surface area contributed by atoms with Crippen LogP contribution < -0.4 is 5.73 Å². The number of rotatable bonds is 5. The summed E-state index contributed by atoms with van der Waals surface area (Å²) in [5.74, 6) is 0.114. The SMILES string of the molecule is CC(C(=O)c1ccc(N)cc1)N(C)Cc1ccccc1. The molecule has 0 aliphatic rings. The molecule has 0 saturated carbocycles. The Morgan fingerprint density at radius 3 is 2.30 bits per heavy atom. The molecule has 2 aromatic rings. The average molecular weight is 268 g/mol. The molecule has 0 aliphatic carbocycles. The van der Waals surface area contributed by atoms with Crippen molar-refractivity contribution in [3.05, 3.63) is 65.7 Å². The van der Waals surface area contributed by atoms with Gasteiger partial charge < -0.3 is 5.73 Å². The molecule has 3 heteroatoms. The summed E-state index contributed by atoms with van der Waals surface area (Å²) in [5, 5.41) is 0. The molecular formula is C17H20N2O. The van der Waals surface area contributed by atoms with Crippen LogP contribution in [0.1, 0.15) is 22.8 Å². The second kappa shape index (κ2) is 6.35. The number of hydrogen-bond donors (Lipinski definition) is 1. The molecule has 104 valence electrons. The Morgan fingerprint density at radius 1 is 1.10 bits per heavy atom. The molecule has 2 rings (SSSR count). The fraction of sp³-hybridized carbons (Fsp3) is 0.235. The number of Topliss-reactive ketones (excluding diaryl/α,β-unsaturated/α-hetero) is 1. The van der Waals surface area contributed by atoms with E-state index in [0.29, 0.717) is 11.3 Å². The van der Waals surface area contributed by atoms with Gasteiger partial charge >= 0.3 is 0 Å². The molecule has 0 aliphatic heterocycles. The lowest BCUT2D eigenvalue weighted by Gasteiger charge is -2.23. The van der Waals surface area contributed by atoms with Crippen molar-refractivity contribution in [3.8, 4) is 0 Å². The van der Waals surface area contributed by atoms with Gasteiger partial charge in [0.25, 0.3) is 0 Å². The highest BCUT2D eigenvalue weighted by atomic mass is 16.1. The number of nitrogens with zero attached hydrogens (tertiary/aromatic N) is 1. The van der Waals surface area contributed by atoms with Crippen LogP contribution in [0.25, 0.3) is 0 Å². The highest BCUT2D eigenvalue weighted by Crippen LogP contribution is 2.13. The second-order valence-electron chi connectivity index (χ2n) is 5.06. The minimum atomic E-state index is -0.168. The van der Waals surface area contributed by atoms with Crippen LogP contribution >= 0.6 is 0 Å². The quantitative estimate of drug-likeness (QED) is 0.670. The van der Waals surface area contributed by atoms with E-state index in [4.69, 9.17) is 5.73 Å². The minimum Gasteiger partial charge on any atom is -0.399 e. The second-order valence-corrected chi connectivity index (χ2v) is 5.06. The monoisotopic (exact) mass is 268 g/mol. The fourth-order valence-corrected chi connectivity index (χ4v) is 2.10. The number of nitrogens with two attached hydrogens (primary N) is 1. The first kappa shape index (κ1) is 14.3. The van der Waals surface area contributed by atoms with Gasteiger partial charge in [-0.3, -0.25) is 9.69 Å². The summed E-state index contributed by atoms with van der Waals surface area (Å²) in [6.07, 6.45) is 0. The maximum Gasteiger partial charge on any atom is 0.179 e. The zero-order valence-corrected chi connectivity index (χ0v) is 11.9. The maximum absolute atomic E-state index is 12.4. The van der Waals surface area contributed by atoms with Crippen molar-refractivity contribution < 1.29 is 4.79 Å². The Labute approximate surface area is 120 Å². The van der Waals surface area contributed by atoms with Crippen molar-refractivity contribution in [1.82, 2.24) is 4.90 Å². The third-order valence-corrected chi connectivity index (χ3v) is 3.51. The third-order valence-electron chi connectivity index (χ3n) is 3.51. The van der Waals surface area contributed by atoms with E-state index in [2.05, 4.69) is 12.1 Å². The molecule has 1 unspecified atom stereocenters. The number of likely N-dealkylation sites (N-methyl/N-ethyl adjacent to an activating group) is 1. The Kier molecular flexibility index (Phi) is 4.53. The van der Waals surface area contributed by atoms with Crippen molar-refractivity contribution >= 4 is 11.5 Å². The fourth-order valence-electron chi connectivity index (χ4n) is 2.10. The molecule has 0 heterocycles. The molecule has 0 radical (unpaired) electrons. The lowest BCUT2D eigenvalue weighted by Crippen LogP contribution is -2.35. The van der Waals surface area contributed by atoms with Gasteiger partial charge in [-0.2, -0.15) is 0 Å². The summed E-state index contributed by atoms with van der Waals surface area (Å²) in [7, 11) is 1.97. The van der Waals surface area contributed by atoms with Crippen LogP contribution in [0.2, 0.25) is 0 Å². The Hall–Kier alpha value is -2.13. The van der Waals surface area contributed by atoms with Gasteiger partial charge in [0.2, 0.25) is 0 Å². The van der Waals surface area contributed by atoms with Crippen LogP contribution in [-0.4, -0.2) is 23.8 Å². The standard InChI is InChI=1S/C17H20N2O/c1-13(17(20)15-8-10-16(18)11-9-15)19(2)12-14-6-4-3-5-7-14/h3-11,13H,12,18H2,1-2H3. The summed E-state index contributed by atoms with van der Waals surface area (Å²) in [4.78, 5) is 14.5. The van der Waals surface area contributed by atoms with Gasteiger partial charge in [0.05, 0.1) is 6.04 Å². The molecule has 0 spiro atoms. The van der Waals surface area contributed by atoms with Gasteiger partial charge in [0, 0.05) is 17.8 Å². The van der Waals surface area contributed by atoms with E-state index in [1.54, 1.807) is 24.3 Å². The molecule has 2 N–H and O–H groups in total. The molecule has 3 nitrogen and oxygen atoms in total. The molecule has 1 atom stereocenters. The van der Waals surface area contributed by atoms with Gasteiger partial charge in [0.15, 0.2) is 5.78 Å². The number of anilines is 1. The predicted octanol–water partition coefficient (Wildman–Crippen LogP) is 2.97. The molecule has 0 amide bonds. The largest absolute Gasteiger partial charge is 0.399 e. The summed E-state index contributed by atoms with van der Waals surface area (Å²) in [5.41, 5.74) is 8.22. The van der Waals surface area contributed by atoms with Crippen LogP contribution in [0, 0.1) is 0 Å². The van der Waals surface area contributed by atoms with Gasteiger partial charge in [-0.25, -0.2) is 0 Å². The first-order chi connectivity index (χ1) is 9.58. The van der Waals surface area contributed by atoms with E-state index in [1.807, 2.05) is 37.1 Å². The summed E-state index contributed by atoms with van der Waals surface area (Å²) in [6.45, 7) is 2.68.